The molecule has 2 aromatic carbocycles. The minimum absolute atomic E-state index is 0.0204. The smallest absolute Gasteiger partial charge is 0.291 e. The maximum Gasteiger partial charge on any atom is 0.291 e. The fourth-order valence-corrected chi connectivity index (χ4v) is 4.48. The molecule has 0 aliphatic carbocycles. The van der Waals surface area contributed by atoms with Crippen molar-refractivity contribution in [1.29, 1.82) is 0 Å². The minimum atomic E-state index is 0.0204. The number of benzene rings is 2. The van der Waals surface area contributed by atoms with Gasteiger partial charge < -0.3 is 14.4 Å². The number of halogens is 1. The van der Waals surface area contributed by atoms with Crippen LogP contribution in [0.25, 0.3) is 10.9 Å². The minimum Gasteiger partial charge on any atom is -0.497 e. The molecule has 0 unspecified atom stereocenters. The summed E-state index contributed by atoms with van der Waals surface area (Å²) in [6.07, 6.45) is 0. The van der Waals surface area contributed by atoms with E-state index in [4.69, 9.17) is 4.74 Å². The van der Waals surface area contributed by atoms with Crippen LogP contribution in [0.15, 0.2) is 67.4 Å². The number of hydrogen-bond donors (Lipinski definition) is 1. The van der Waals surface area contributed by atoms with Gasteiger partial charge in [0.2, 0.25) is 11.0 Å². The van der Waals surface area contributed by atoms with Gasteiger partial charge in [-0.05, 0) is 48.0 Å². The second-order valence-electron chi connectivity index (χ2n) is 6.75. The molecule has 0 spiro atoms. The third-order valence-electron chi connectivity index (χ3n) is 4.92. The molecule has 9 nitrogen and oxygen atoms in total. The lowest BCUT2D eigenvalue weighted by molar-refractivity contribution is 0.415. The molecule has 0 atom stereocenters. The van der Waals surface area contributed by atoms with E-state index in [0.717, 1.165) is 32.4 Å². The van der Waals surface area contributed by atoms with Crippen LogP contribution >= 0.6 is 27.7 Å². The Morgan fingerprint density at radius 1 is 1.13 bits per heavy atom. The SMILES string of the molecule is COc1ccc(C2=Nn3c(N=Nc4c(O)n(C)c5ccc(Br)cc45)nnc3SC2)cc1. The summed E-state index contributed by atoms with van der Waals surface area (Å²) < 4.78 is 9.32. The molecule has 0 saturated carbocycles. The average Bonchev–Trinajstić information content (AvgIpc) is 3.30. The quantitative estimate of drug-likeness (QED) is 0.398. The van der Waals surface area contributed by atoms with E-state index >= 15 is 0 Å². The second kappa shape index (κ2) is 7.82. The maximum absolute atomic E-state index is 10.5. The lowest BCUT2D eigenvalue weighted by Crippen LogP contribution is -2.12. The van der Waals surface area contributed by atoms with E-state index in [1.807, 2.05) is 42.5 Å². The summed E-state index contributed by atoms with van der Waals surface area (Å²) in [7, 11) is 3.40. The molecule has 0 saturated heterocycles. The summed E-state index contributed by atoms with van der Waals surface area (Å²) in [6.45, 7) is 0. The summed E-state index contributed by atoms with van der Waals surface area (Å²) >= 11 is 4.98. The van der Waals surface area contributed by atoms with Crippen LogP contribution in [0.1, 0.15) is 5.56 Å². The van der Waals surface area contributed by atoms with E-state index in [9.17, 15) is 5.11 Å². The molecule has 3 heterocycles. The van der Waals surface area contributed by atoms with E-state index in [-0.39, 0.29) is 11.8 Å². The number of methoxy groups -OCH3 is 1. The number of fused-ring (bicyclic) bond motifs is 2. The monoisotopic (exact) mass is 497 g/mol. The second-order valence-corrected chi connectivity index (χ2v) is 8.61. The van der Waals surface area contributed by atoms with Crippen LogP contribution in [0.3, 0.4) is 0 Å². The van der Waals surface area contributed by atoms with Crippen molar-refractivity contribution >= 4 is 55.9 Å². The van der Waals surface area contributed by atoms with E-state index in [1.165, 1.54) is 11.8 Å². The molecule has 1 N–H and O–H groups in total. The van der Waals surface area contributed by atoms with Gasteiger partial charge in [-0.15, -0.1) is 20.4 Å². The zero-order valence-corrected chi connectivity index (χ0v) is 18.9. The fraction of sp³-hybridized carbons (Fsp3) is 0.150. The Morgan fingerprint density at radius 2 is 1.94 bits per heavy atom. The van der Waals surface area contributed by atoms with Crippen molar-refractivity contribution in [3.8, 4) is 11.6 Å². The van der Waals surface area contributed by atoms with Crippen LogP contribution in [0.4, 0.5) is 11.6 Å². The number of nitrogens with zero attached hydrogens (tertiary/aromatic N) is 7. The molecule has 0 bridgehead atoms. The lowest BCUT2D eigenvalue weighted by Gasteiger charge is -2.12. The molecular formula is C20H16BrN7O2S. The molecule has 11 heteroatoms. The summed E-state index contributed by atoms with van der Waals surface area (Å²) in [5.41, 5.74) is 3.05. The molecule has 4 aromatic rings. The van der Waals surface area contributed by atoms with Crippen LogP contribution in [0.2, 0.25) is 0 Å². The number of azo groups is 1. The summed E-state index contributed by atoms with van der Waals surface area (Å²) in [6, 6.07) is 13.4. The molecule has 1 aliphatic heterocycles. The van der Waals surface area contributed by atoms with Gasteiger partial charge in [-0.25, -0.2) is 0 Å². The third-order valence-corrected chi connectivity index (χ3v) is 6.35. The number of ether oxygens (including phenoxy) is 1. The van der Waals surface area contributed by atoms with Crippen LogP contribution in [-0.4, -0.2) is 43.1 Å². The number of rotatable bonds is 4. The predicted molar refractivity (Wildman–Crippen MR) is 122 cm³/mol. The molecule has 31 heavy (non-hydrogen) atoms. The molecule has 1 aliphatic rings. The molecule has 2 aromatic heterocycles. The standard InChI is InChI=1S/C20H16BrN7O2S/c1-27-16-8-5-12(21)9-14(16)17(18(27)29)22-23-19-24-25-20-28(19)26-15(10-31-20)11-3-6-13(30-2)7-4-11/h3-9,29H,10H2,1-2H3. The molecular weight excluding hydrogens is 482 g/mol. The zero-order valence-electron chi connectivity index (χ0n) is 16.5. The molecule has 5 rings (SSSR count). The molecule has 0 fully saturated rings. The number of aromatic nitrogens is 4. The zero-order chi connectivity index (χ0) is 21.5. The van der Waals surface area contributed by atoms with Crippen LogP contribution in [0, 0.1) is 0 Å². The first-order valence-corrected chi connectivity index (χ1v) is 11.0. The summed E-state index contributed by atoms with van der Waals surface area (Å²) in [5.74, 6) is 1.71. The van der Waals surface area contributed by atoms with Gasteiger partial charge in [-0.3, -0.25) is 0 Å². The van der Waals surface area contributed by atoms with Gasteiger partial charge >= 0.3 is 0 Å². The van der Waals surface area contributed by atoms with Crippen molar-refractivity contribution in [3.63, 3.8) is 0 Å². The van der Waals surface area contributed by atoms with Gasteiger partial charge in [-0.2, -0.15) is 9.78 Å². The first-order chi connectivity index (χ1) is 15.0. The van der Waals surface area contributed by atoms with Crippen molar-refractivity contribution in [2.75, 3.05) is 12.9 Å². The van der Waals surface area contributed by atoms with Gasteiger partial charge in [0, 0.05) is 22.7 Å². The van der Waals surface area contributed by atoms with E-state index in [0.29, 0.717) is 16.6 Å². The first-order valence-electron chi connectivity index (χ1n) is 9.24. The molecule has 0 amide bonds. The lowest BCUT2D eigenvalue weighted by atomic mass is 10.1. The van der Waals surface area contributed by atoms with Crippen LogP contribution in [-0.2, 0) is 7.05 Å². The van der Waals surface area contributed by atoms with E-state index in [1.54, 1.807) is 23.4 Å². The topological polar surface area (TPSA) is 102 Å². The number of aromatic hydroxyl groups is 1. The largest absolute Gasteiger partial charge is 0.497 e. The van der Waals surface area contributed by atoms with Crippen LogP contribution in [0.5, 0.6) is 11.6 Å². The van der Waals surface area contributed by atoms with Crippen molar-refractivity contribution in [2.45, 2.75) is 5.16 Å². The fourth-order valence-electron chi connectivity index (χ4n) is 3.28. The van der Waals surface area contributed by atoms with Crippen LogP contribution < -0.4 is 4.74 Å². The normalized spacial score (nSPS) is 13.6. The Kier molecular flexibility index (Phi) is 4.98. The average molecular weight is 498 g/mol. The van der Waals surface area contributed by atoms with Crippen molar-refractivity contribution < 1.29 is 9.84 Å². The highest BCUT2D eigenvalue weighted by Crippen LogP contribution is 2.40. The van der Waals surface area contributed by atoms with Gasteiger partial charge in [0.15, 0.2) is 5.69 Å². The highest BCUT2D eigenvalue weighted by Gasteiger charge is 2.21. The Bertz CT molecular complexity index is 1360. The predicted octanol–water partition coefficient (Wildman–Crippen LogP) is 5.02. The highest BCUT2D eigenvalue weighted by atomic mass is 79.9. The van der Waals surface area contributed by atoms with Gasteiger partial charge in [-0.1, -0.05) is 27.7 Å². The van der Waals surface area contributed by atoms with Crippen molar-refractivity contribution in [2.24, 2.45) is 22.4 Å². The third kappa shape index (κ3) is 3.49. The summed E-state index contributed by atoms with van der Waals surface area (Å²) in [4.78, 5) is 0. The van der Waals surface area contributed by atoms with E-state index < -0.39 is 0 Å². The summed E-state index contributed by atoms with van der Waals surface area (Å²) in [5, 5.41) is 33.4. The van der Waals surface area contributed by atoms with E-state index in [2.05, 4.69) is 41.5 Å². The maximum atomic E-state index is 10.5. The Morgan fingerprint density at radius 3 is 2.71 bits per heavy atom. The van der Waals surface area contributed by atoms with Gasteiger partial charge in [0.1, 0.15) is 5.75 Å². The van der Waals surface area contributed by atoms with Gasteiger partial charge in [0.05, 0.1) is 18.3 Å². The van der Waals surface area contributed by atoms with Crippen molar-refractivity contribution in [3.05, 3.63) is 52.5 Å². The number of thioether (sulfide) groups is 1. The molecule has 156 valence electrons. The number of hydrogen-bond acceptors (Lipinski definition) is 8. The van der Waals surface area contributed by atoms with Gasteiger partial charge in [0.25, 0.3) is 5.95 Å². The number of aryl methyl sites for hydroxylation is 1. The first kappa shape index (κ1) is 19.8. The Balaban J connectivity index is 1.52. The van der Waals surface area contributed by atoms with Crippen molar-refractivity contribution in [1.82, 2.24) is 19.4 Å². The Labute approximate surface area is 189 Å². The molecule has 0 radical (unpaired) electrons. The highest BCUT2D eigenvalue weighted by molar-refractivity contribution is 9.10. The Hall–Kier alpha value is -3.18.